The van der Waals surface area contributed by atoms with Gasteiger partial charge >= 0.3 is 0 Å². The molecule has 6 nitrogen and oxygen atoms in total. The first kappa shape index (κ1) is 16.3. The SMILES string of the molecule is O=C(C1CCCC1)N1CCN(Cc2nc3ccccc3c(=O)[nH]2)CC1. The number of aromatic amines is 1. The van der Waals surface area contributed by atoms with Gasteiger partial charge in [0.15, 0.2) is 0 Å². The molecule has 0 bridgehead atoms. The molecule has 1 aromatic heterocycles. The van der Waals surface area contributed by atoms with Crippen LogP contribution in [-0.4, -0.2) is 51.9 Å². The van der Waals surface area contributed by atoms with Crippen LogP contribution < -0.4 is 5.56 Å². The molecule has 1 aromatic carbocycles. The third-order valence-electron chi connectivity index (χ3n) is 5.42. The van der Waals surface area contributed by atoms with E-state index in [2.05, 4.69) is 14.9 Å². The van der Waals surface area contributed by atoms with Crippen LogP contribution >= 0.6 is 0 Å². The van der Waals surface area contributed by atoms with Crippen LogP contribution in [0.4, 0.5) is 0 Å². The third kappa shape index (κ3) is 3.44. The molecule has 1 N–H and O–H groups in total. The minimum absolute atomic E-state index is 0.0874. The Morgan fingerprint density at radius 1 is 1.12 bits per heavy atom. The molecule has 1 amide bonds. The van der Waals surface area contributed by atoms with Crippen LogP contribution in [0.1, 0.15) is 31.5 Å². The van der Waals surface area contributed by atoms with Crippen molar-refractivity contribution in [2.45, 2.75) is 32.2 Å². The number of hydrogen-bond acceptors (Lipinski definition) is 4. The predicted octanol–water partition coefficient (Wildman–Crippen LogP) is 1.76. The summed E-state index contributed by atoms with van der Waals surface area (Å²) in [6, 6.07) is 7.40. The lowest BCUT2D eigenvalue weighted by Crippen LogP contribution is -2.49. The number of hydrogen-bond donors (Lipinski definition) is 1. The molecule has 0 atom stereocenters. The highest BCUT2D eigenvalue weighted by Crippen LogP contribution is 2.27. The monoisotopic (exact) mass is 340 g/mol. The number of fused-ring (bicyclic) bond motifs is 1. The minimum Gasteiger partial charge on any atom is -0.340 e. The molecule has 1 saturated carbocycles. The molecule has 0 spiro atoms. The maximum absolute atomic E-state index is 12.5. The summed E-state index contributed by atoms with van der Waals surface area (Å²) < 4.78 is 0. The summed E-state index contributed by atoms with van der Waals surface area (Å²) in [4.78, 5) is 36.4. The van der Waals surface area contributed by atoms with Gasteiger partial charge in [-0.2, -0.15) is 0 Å². The number of nitrogens with zero attached hydrogens (tertiary/aromatic N) is 3. The summed E-state index contributed by atoms with van der Waals surface area (Å²) in [6.45, 7) is 3.82. The lowest BCUT2D eigenvalue weighted by atomic mass is 10.1. The molecular formula is C19H24N4O2. The van der Waals surface area contributed by atoms with Gasteiger partial charge in [0.1, 0.15) is 5.82 Å². The molecule has 4 rings (SSSR count). The highest BCUT2D eigenvalue weighted by molar-refractivity contribution is 5.79. The van der Waals surface area contributed by atoms with Crippen molar-refractivity contribution in [2.75, 3.05) is 26.2 Å². The number of rotatable bonds is 3. The third-order valence-corrected chi connectivity index (χ3v) is 5.42. The van der Waals surface area contributed by atoms with Crippen molar-refractivity contribution in [3.8, 4) is 0 Å². The second kappa shape index (κ2) is 6.96. The quantitative estimate of drug-likeness (QED) is 0.924. The van der Waals surface area contributed by atoms with Crippen molar-refractivity contribution < 1.29 is 4.79 Å². The number of aromatic nitrogens is 2. The van der Waals surface area contributed by atoms with E-state index in [1.165, 1.54) is 12.8 Å². The lowest BCUT2D eigenvalue weighted by Gasteiger charge is -2.35. The molecule has 2 fully saturated rings. The Morgan fingerprint density at radius 2 is 1.84 bits per heavy atom. The maximum Gasteiger partial charge on any atom is 0.258 e. The maximum atomic E-state index is 12.5. The molecular weight excluding hydrogens is 316 g/mol. The number of piperazine rings is 1. The minimum atomic E-state index is -0.0874. The smallest absolute Gasteiger partial charge is 0.258 e. The van der Waals surface area contributed by atoms with Crippen LogP contribution in [0.5, 0.6) is 0 Å². The first-order chi connectivity index (χ1) is 12.2. The fourth-order valence-corrected chi connectivity index (χ4v) is 3.98. The molecule has 1 aliphatic heterocycles. The number of benzene rings is 1. The second-order valence-corrected chi connectivity index (χ2v) is 7.11. The topological polar surface area (TPSA) is 69.3 Å². The molecule has 2 aromatic rings. The summed E-state index contributed by atoms with van der Waals surface area (Å²) in [5.41, 5.74) is 0.645. The number of carbonyl (C=O) groups excluding carboxylic acids is 1. The molecule has 2 aliphatic rings. The van der Waals surface area contributed by atoms with Gasteiger partial charge in [-0.1, -0.05) is 25.0 Å². The van der Waals surface area contributed by atoms with Crippen molar-refractivity contribution >= 4 is 16.8 Å². The van der Waals surface area contributed by atoms with Gasteiger partial charge in [-0.3, -0.25) is 14.5 Å². The Morgan fingerprint density at radius 3 is 2.60 bits per heavy atom. The van der Waals surface area contributed by atoms with Crippen LogP contribution in [0.3, 0.4) is 0 Å². The number of para-hydroxylation sites is 1. The zero-order valence-corrected chi connectivity index (χ0v) is 14.4. The van der Waals surface area contributed by atoms with Crippen LogP contribution in [0.25, 0.3) is 10.9 Å². The molecule has 0 unspecified atom stereocenters. The van der Waals surface area contributed by atoms with Gasteiger partial charge in [0, 0.05) is 32.1 Å². The molecule has 6 heteroatoms. The first-order valence-electron chi connectivity index (χ1n) is 9.20. The van der Waals surface area contributed by atoms with E-state index in [-0.39, 0.29) is 11.5 Å². The van der Waals surface area contributed by atoms with Gasteiger partial charge in [0.05, 0.1) is 17.4 Å². The fourth-order valence-electron chi connectivity index (χ4n) is 3.98. The Labute approximate surface area is 146 Å². The van der Waals surface area contributed by atoms with Crippen LogP contribution in [-0.2, 0) is 11.3 Å². The molecule has 1 saturated heterocycles. The van der Waals surface area contributed by atoms with Gasteiger partial charge in [-0.05, 0) is 25.0 Å². The second-order valence-electron chi connectivity index (χ2n) is 7.11. The van der Waals surface area contributed by atoms with Crippen molar-refractivity contribution in [2.24, 2.45) is 5.92 Å². The van der Waals surface area contributed by atoms with Gasteiger partial charge in [0.2, 0.25) is 5.91 Å². The van der Waals surface area contributed by atoms with E-state index in [0.717, 1.165) is 44.5 Å². The standard InChI is InChI=1S/C19H24N4O2/c24-18-15-7-3-4-8-16(15)20-17(21-18)13-22-9-11-23(12-10-22)19(25)14-5-1-2-6-14/h3-4,7-8,14H,1-2,5-6,9-13H2,(H,20,21,24). The highest BCUT2D eigenvalue weighted by atomic mass is 16.2. The van der Waals surface area contributed by atoms with Gasteiger partial charge in [-0.15, -0.1) is 0 Å². The van der Waals surface area contributed by atoms with E-state index in [9.17, 15) is 9.59 Å². The van der Waals surface area contributed by atoms with Crippen LogP contribution in [0.2, 0.25) is 0 Å². The number of carbonyl (C=O) groups is 1. The average molecular weight is 340 g/mol. The Kier molecular flexibility index (Phi) is 4.53. The lowest BCUT2D eigenvalue weighted by molar-refractivity contribution is -0.137. The van der Waals surface area contributed by atoms with Crippen LogP contribution in [0.15, 0.2) is 29.1 Å². The largest absolute Gasteiger partial charge is 0.340 e. The van der Waals surface area contributed by atoms with Crippen molar-refractivity contribution in [3.05, 3.63) is 40.4 Å². The summed E-state index contributed by atoms with van der Waals surface area (Å²) in [5.74, 6) is 1.29. The Balaban J connectivity index is 1.38. The van der Waals surface area contributed by atoms with Crippen LogP contribution in [0, 0.1) is 5.92 Å². The average Bonchev–Trinajstić information content (AvgIpc) is 3.16. The van der Waals surface area contributed by atoms with Crippen molar-refractivity contribution in [1.82, 2.24) is 19.8 Å². The first-order valence-corrected chi connectivity index (χ1v) is 9.20. The van der Waals surface area contributed by atoms with Crippen molar-refractivity contribution in [1.29, 1.82) is 0 Å². The zero-order chi connectivity index (χ0) is 17.2. The molecule has 0 radical (unpaired) electrons. The Bertz CT molecular complexity index is 818. The number of amides is 1. The predicted molar refractivity (Wildman–Crippen MR) is 96.2 cm³/mol. The Hall–Kier alpha value is -2.21. The molecule has 2 heterocycles. The number of H-pyrrole nitrogens is 1. The number of nitrogens with one attached hydrogen (secondary N) is 1. The molecule has 25 heavy (non-hydrogen) atoms. The van der Waals surface area contributed by atoms with E-state index in [0.29, 0.717) is 23.7 Å². The summed E-state index contributed by atoms with van der Waals surface area (Å²) >= 11 is 0. The van der Waals surface area contributed by atoms with Gasteiger partial charge in [0.25, 0.3) is 5.56 Å². The zero-order valence-electron chi connectivity index (χ0n) is 14.4. The van der Waals surface area contributed by atoms with Gasteiger partial charge < -0.3 is 9.88 Å². The highest BCUT2D eigenvalue weighted by Gasteiger charge is 2.29. The fraction of sp³-hybridized carbons (Fsp3) is 0.526. The van der Waals surface area contributed by atoms with Crippen molar-refractivity contribution in [3.63, 3.8) is 0 Å². The summed E-state index contributed by atoms with van der Waals surface area (Å²) in [7, 11) is 0. The van der Waals surface area contributed by atoms with E-state index in [1.54, 1.807) is 6.07 Å². The normalized spacial score (nSPS) is 19.6. The summed E-state index contributed by atoms with van der Waals surface area (Å²) in [6.07, 6.45) is 4.50. The molecule has 1 aliphatic carbocycles. The van der Waals surface area contributed by atoms with E-state index in [1.807, 2.05) is 23.1 Å². The van der Waals surface area contributed by atoms with E-state index in [4.69, 9.17) is 0 Å². The van der Waals surface area contributed by atoms with E-state index < -0.39 is 0 Å². The van der Waals surface area contributed by atoms with Gasteiger partial charge in [-0.25, -0.2) is 4.98 Å². The molecule has 132 valence electrons. The summed E-state index contributed by atoms with van der Waals surface area (Å²) in [5, 5.41) is 0.623. The van der Waals surface area contributed by atoms with E-state index >= 15 is 0 Å².